The molecule has 174 valence electrons. The molecule has 7 heteroatoms. The summed E-state index contributed by atoms with van der Waals surface area (Å²) in [7, 11) is -0.713. The van der Waals surface area contributed by atoms with Crippen molar-refractivity contribution in [3.63, 3.8) is 0 Å². The lowest BCUT2D eigenvalue weighted by Gasteiger charge is -2.34. The summed E-state index contributed by atoms with van der Waals surface area (Å²) in [6.07, 6.45) is 4.30. The third kappa shape index (κ3) is 7.29. The summed E-state index contributed by atoms with van der Waals surface area (Å²) in [5.41, 5.74) is 2.60. The van der Waals surface area contributed by atoms with Crippen molar-refractivity contribution in [3.8, 4) is 0 Å². The highest BCUT2D eigenvalue weighted by Gasteiger charge is 2.27. The van der Waals surface area contributed by atoms with E-state index in [-0.39, 0.29) is 6.04 Å². The van der Waals surface area contributed by atoms with Gasteiger partial charge in [-0.2, -0.15) is 0 Å². The molecule has 1 aliphatic carbocycles. The SMILES string of the molecule is CCNC(=NCC(c1cccc(C)c1)N1CCOCC1)NC1CCCC(S(=O)CC)C1. The molecule has 1 aromatic rings. The third-order valence-corrected chi connectivity index (χ3v) is 8.04. The van der Waals surface area contributed by atoms with Gasteiger partial charge in [0.2, 0.25) is 0 Å². The van der Waals surface area contributed by atoms with Crippen LogP contribution in [0.3, 0.4) is 0 Å². The molecule has 1 saturated carbocycles. The number of benzene rings is 1. The maximum atomic E-state index is 12.3. The molecule has 2 N–H and O–H groups in total. The lowest BCUT2D eigenvalue weighted by molar-refractivity contribution is 0.0179. The third-order valence-electron chi connectivity index (χ3n) is 6.30. The van der Waals surface area contributed by atoms with Gasteiger partial charge in [-0.3, -0.25) is 14.1 Å². The molecule has 3 rings (SSSR count). The van der Waals surface area contributed by atoms with Crippen LogP contribution in [0.1, 0.15) is 56.7 Å². The number of hydrogen-bond donors (Lipinski definition) is 2. The van der Waals surface area contributed by atoms with Crippen molar-refractivity contribution in [2.24, 2.45) is 4.99 Å². The van der Waals surface area contributed by atoms with Gasteiger partial charge in [0.25, 0.3) is 0 Å². The number of nitrogens with one attached hydrogen (secondary N) is 2. The number of morpholine rings is 1. The Balaban J connectivity index is 1.71. The smallest absolute Gasteiger partial charge is 0.191 e. The Hall–Kier alpha value is -1.44. The second-order valence-corrected chi connectivity index (χ2v) is 10.6. The van der Waals surface area contributed by atoms with E-state index in [1.807, 2.05) is 6.92 Å². The van der Waals surface area contributed by atoms with Crippen LogP contribution < -0.4 is 10.6 Å². The van der Waals surface area contributed by atoms with E-state index in [4.69, 9.17) is 9.73 Å². The maximum absolute atomic E-state index is 12.3. The summed E-state index contributed by atoms with van der Waals surface area (Å²) >= 11 is 0. The van der Waals surface area contributed by atoms with Crippen LogP contribution in [0, 0.1) is 6.92 Å². The number of guanidine groups is 1. The van der Waals surface area contributed by atoms with E-state index >= 15 is 0 Å². The summed E-state index contributed by atoms with van der Waals surface area (Å²) < 4.78 is 17.9. The number of aryl methyl sites for hydroxylation is 1. The molecule has 2 aliphatic rings. The van der Waals surface area contributed by atoms with Gasteiger partial charge in [0.15, 0.2) is 5.96 Å². The fraction of sp³-hybridized carbons (Fsp3) is 0.708. The zero-order chi connectivity index (χ0) is 22.1. The highest BCUT2D eigenvalue weighted by Crippen LogP contribution is 2.24. The van der Waals surface area contributed by atoms with E-state index in [0.29, 0.717) is 17.8 Å². The Morgan fingerprint density at radius 3 is 2.81 bits per heavy atom. The molecule has 1 saturated heterocycles. The van der Waals surface area contributed by atoms with Crippen molar-refractivity contribution in [1.29, 1.82) is 0 Å². The first-order valence-corrected chi connectivity index (χ1v) is 13.3. The average molecular weight is 449 g/mol. The van der Waals surface area contributed by atoms with Gasteiger partial charge in [0.05, 0.1) is 25.8 Å². The zero-order valence-electron chi connectivity index (χ0n) is 19.4. The fourth-order valence-electron chi connectivity index (χ4n) is 4.64. The highest BCUT2D eigenvalue weighted by molar-refractivity contribution is 7.85. The largest absolute Gasteiger partial charge is 0.379 e. The van der Waals surface area contributed by atoms with Gasteiger partial charge in [0.1, 0.15) is 0 Å². The number of nitrogens with zero attached hydrogens (tertiary/aromatic N) is 2. The molecule has 4 atom stereocenters. The van der Waals surface area contributed by atoms with E-state index in [1.54, 1.807) is 0 Å². The van der Waals surface area contributed by atoms with Crippen molar-refractivity contribution < 1.29 is 8.95 Å². The topological polar surface area (TPSA) is 66.0 Å². The van der Waals surface area contributed by atoms with Gasteiger partial charge in [-0.25, -0.2) is 0 Å². The maximum Gasteiger partial charge on any atom is 0.191 e. The van der Waals surface area contributed by atoms with E-state index in [0.717, 1.165) is 70.2 Å². The normalized spacial score (nSPS) is 25.1. The Bertz CT molecular complexity index is 736. The van der Waals surface area contributed by atoms with E-state index in [2.05, 4.69) is 53.6 Å². The first kappa shape index (κ1) is 24.2. The van der Waals surface area contributed by atoms with Gasteiger partial charge < -0.3 is 15.4 Å². The summed E-state index contributed by atoms with van der Waals surface area (Å²) in [4.78, 5) is 7.51. The second-order valence-electron chi connectivity index (χ2n) is 8.60. The molecular weight excluding hydrogens is 408 g/mol. The predicted molar refractivity (Wildman–Crippen MR) is 130 cm³/mol. The Morgan fingerprint density at radius 1 is 1.29 bits per heavy atom. The van der Waals surface area contributed by atoms with Gasteiger partial charge >= 0.3 is 0 Å². The monoisotopic (exact) mass is 448 g/mol. The lowest BCUT2D eigenvalue weighted by Crippen LogP contribution is -2.47. The predicted octanol–water partition coefficient (Wildman–Crippen LogP) is 3.00. The molecule has 0 spiro atoms. The minimum absolute atomic E-state index is 0.242. The Labute approximate surface area is 190 Å². The van der Waals surface area contributed by atoms with Gasteiger partial charge in [0, 0.05) is 47.5 Å². The molecule has 0 amide bonds. The Morgan fingerprint density at radius 2 is 2.10 bits per heavy atom. The van der Waals surface area contributed by atoms with Crippen LogP contribution in [0.5, 0.6) is 0 Å². The molecule has 1 aliphatic heterocycles. The van der Waals surface area contributed by atoms with Crippen molar-refractivity contribution in [3.05, 3.63) is 35.4 Å². The molecule has 0 bridgehead atoms. The minimum Gasteiger partial charge on any atom is -0.379 e. The van der Waals surface area contributed by atoms with Crippen LogP contribution in [0.2, 0.25) is 0 Å². The molecule has 4 unspecified atom stereocenters. The molecule has 2 fully saturated rings. The van der Waals surface area contributed by atoms with Crippen LogP contribution in [0.25, 0.3) is 0 Å². The molecule has 0 aromatic heterocycles. The number of hydrogen-bond acceptors (Lipinski definition) is 4. The first-order valence-electron chi connectivity index (χ1n) is 11.9. The first-order chi connectivity index (χ1) is 15.1. The highest BCUT2D eigenvalue weighted by atomic mass is 32.2. The average Bonchev–Trinajstić information content (AvgIpc) is 2.80. The zero-order valence-corrected chi connectivity index (χ0v) is 20.3. The van der Waals surface area contributed by atoms with Crippen molar-refractivity contribution >= 4 is 16.8 Å². The van der Waals surface area contributed by atoms with E-state index < -0.39 is 10.8 Å². The van der Waals surface area contributed by atoms with Crippen LogP contribution in [0.15, 0.2) is 29.3 Å². The van der Waals surface area contributed by atoms with Gasteiger partial charge in [-0.05, 0) is 38.7 Å². The molecule has 1 heterocycles. The van der Waals surface area contributed by atoms with Gasteiger partial charge in [-0.1, -0.05) is 43.2 Å². The molecule has 1 aromatic carbocycles. The van der Waals surface area contributed by atoms with E-state index in [1.165, 1.54) is 11.1 Å². The number of ether oxygens (including phenoxy) is 1. The number of aliphatic imine (C=N–C) groups is 1. The van der Waals surface area contributed by atoms with Crippen molar-refractivity contribution in [2.45, 2.75) is 63.8 Å². The summed E-state index contributed by atoms with van der Waals surface area (Å²) in [6, 6.07) is 9.37. The van der Waals surface area contributed by atoms with Gasteiger partial charge in [-0.15, -0.1) is 0 Å². The van der Waals surface area contributed by atoms with Crippen molar-refractivity contribution in [2.75, 3.05) is 45.1 Å². The van der Waals surface area contributed by atoms with Crippen LogP contribution in [-0.2, 0) is 15.5 Å². The van der Waals surface area contributed by atoms with Crippen LogP contribution >= 0.6 is 0 Å². The quantitative estimate of drug-likeness (QED) is 0.473. The van der Waals surface area contributed by atoms with E-state index in [9.17, 15) is 4.21 Å². The molecule has 31 heavy (non-hydrogen) atoms. The fourth-order valence-corrected chi connectivity index (χ4v) is 5.99. The standard InChI is InChI=1S/C24H40N4O2S/c1-4-25-24(27-21-10-7-11-22(17-21)31(29)5-2)26-18-23(28-12-14-30-15-13-28)20-9-6-8-19(3)16-20/h6,8-9,16,21-23H,4-5,7,10-15,17-18H2,1-3H3,(H2,25,26,27). The second kappa shape index (κ2) is 12.6. The van der Waals surface area contributed by atoms with Crippen molar-refractivity contribution in [1.82, 2.24) is 15.5 Å². The summed E-state index contributed by atoms with van der Waals surface area (Å²) in [5, 5.41) is 7.39. The summed E-state index contributed by atoms with van der Waals surface area (Å²) in [5.74, 6) is 1.63. The molecule has 6 nitrogen and oxygen atoms in total. The molecule has 0 radical (unpaired) electrons. The lowest BCUT2D eigenvalue weighted by atomic mass is 9.95. The minimum atomic E-state index is -0.713. The van der Waals surface area contributed by atoms with Crippen LogP contribution in [-0.4, -0.2) is 71.5 Å². The number of rotatable bonds is 8. The Kier molecular flexibility index (Phi) is 9.81. The molecular formula is C24H40N4O2S. The summed E-state index contributed by atoms with van der Waals surface area (Å²) in [6.45, 7) is 11.2. The van der Waals surface area contributed by atoms with Crippen LogP contribution in [0.4, 0.5) is 0 Å².